The first-order valence-electron chi connectivity index (χ1n) is 20.7. The van der Waals surface area contributed by atoms with E-state index in [0.29, 0.717) is 29.6 Å². The molecule has 13 heteroatoms. The molecular weight excluding hydrogens is 782 g/mol. The van der Waals surface area contributed by atoms with Crippen LogP contribution in [0.15, 0.2) is 103 Å². The molecule has 0 saturated heterocycles. The molecule has 2 amide bonds. The van der Waals surface area contributed by atoms with Crippen LogP contribution in [0.3, 0.4) is 0 Å². The van der Waals surface area contributed by atoms with Gasteiger partial charge in [0.2, 0.25) is 6.79 Å². The van der Waals surface area contributed by atoms with Gasteiger partial charge in [-0.3, -0.25) is 18.4 Å². The van der Waals surface area contributed by atoms with Crippen molar-refractivity contribution in [3.63, 3.8) is 0 Å². The Morgan fingerprint density at radius 3 is 1.80 bits per heavy atom. The van der Waals surface area contributed by atoms with E-state index < -0.39 is 38.6 Å². The van der Waals surface area contributed by atoms with Gasteiger partial charge in [0.05, 0.1) is 31.0 Å². The van der Waals surface area contributed by atoms with Gasteiger partial charge in [-0.15, -0.1) is 0 Å². The highest BCUT2D eigenvalue weighted by molar-refractivity contribution is 7.48. The number of nitrogens with zero attached hydrogens (tertiary/aromatic N) is 1. The molecule has 0 spiro atoms. The maximum atomic E-state index is 14.0. The summed E-state index contributed by atoms with van der Waals surface area (Å²) in [6.45, 7) is 16.7. The highest BCUT2D eigenvalue weighted by atomic mass is 31.2. The summed E-state index contributed by atoms with van der Waals surface area (Å²) in [5.74, 6) is -1.51. The van der Waals surface area contributed by atoms with E-state index in [1.807, 2.05) is 92.7 Å². The second-order valence-corrected chi connectivity index (χ2v) is 17.7. The fourth-order valence-corrected chi connectivity index (χ4v) is 7.80. The smallest absolute Gasteiger partial charge is 0.428 e. The molecule has 324 valence electrons. The number of anilines is 3. The van der Waals surface area contributed by atoms with Crippen LogP contribution in [0, 0.1) is 24.7 Å². The van der Waals surface area contributed by atoms with E-state index in [2.05, 4.69) is 43.2 Å². The summed E-state index contributed by atoms with van der Waals surface area (Å²) >= 11 is 0. The molecule has 4 aromatic carbocycles. The molecule has 4 aromatic rings. The minimum absolute atomic E-state index is 0.00986. The molecular formula is C47H62N3O9P. The average Bonchev–Trinajstić information content (AvgIpc) is 3.21. The minimum Gasteiger partial charge on any atom is -0.428 e. The first kappa shape index (κ1) is 47.7. The zero-order valence-corrected chi connectivity index (χ0v) is 37.1. The molecule has 60 heavy (non-hydrogen) atoms. The third-order valence-corrected chi connectivity index (χ3v) is 10.8. The van der Waals surface area contributed by atoms with Crippen LogP contribution in [0.25, 0.3) is 0 Å². The van der Waals surface area contributed by atoms with E-state index in [1.165, 1.54) is 0 Å². The number of nitrogens with one attached hydrogen (secondary N) is 2. The maximum absolute atomic E-state index is 14.0. The summed E-state index contributed by atoms with van der Waals surface area (Å²) in [6.07, 6.45) is -0.775. The Labute approximate surface area is 355 Å². The van der Waals surface area contributed by atoms with E-state index in [4.69, 9.17) is 23.0 Å². The number of ether oxygens (including phenoxy) is 2. The second kappa shape index (κ2) is 23.7. The number of benzene rings is 4. The van der Waals surface area contributed by atoms with Gasteiger partial charge >= 0.3 is 25.8 Å². The number of esters is 2. The maximum Gasteiger partial charge on any atom is 0.476 e. The first-order chi connectivity index (χ1) is 28.6. The van der Waals surface area contributed by atoms with Crippen molar-refractivity contribution >= 4 is 42.9 Å². The molecule has 12 nitrogen and oxygen atoms in total. The highest BCUT2D eigenvalue weighted by Gasteiger charge is 2.37. The van der Waals surface area contributed by atoms with Gasteiger partial charge < -0.3 is 25.0 Å². The topological polar surface area (TPSA) is 142 Å². The van der Waals surface area contributed by atoms with E-state index >= 15 is 0 Å². The van der Waals surface area contributed by atoms with Crippen molar-refractivity contribution < 1.29 is 42.0 Å². The van der Waals surface area contributed by atoms with Crippen LogP contribution >= 0.6 is 7.82 Å². The van der Waals surface area contributed by atoms with Gasteiger partial charge in [0, 0.05) is 18.8 Å². The van der Waals surface area contributed by atoms with E-state index in [-0.39, 0.29) is 31.6 Å². The van der Waals surface area contributed by atoms with E-state index in [9.17, 15) is 18.9 Å². The van der Waals surface area contributed by atoms with Crippen LogP contribution in [-0.2, 0) is 50.4 Å². The second-order valence-electron chi connectivity index (χ2n) is 16.1. The van der Waals surface area contributed by atoms with Gasteiger partial charge in [-0.05, 0) is 78.0 Å². The molecule has 0 aliphatic heterocycles. The number of amides is 2. The molecule has 4 rings (SSSR count). The summed E-state index contributed by atoms with van der Waals surface area (Å²) in [7, 11) is -4.32. The fraction of sp³-hybridized carbons (Fsp3) is 0.426. The lowest BCUT2D eigenvalue weighted by molar-refractivity contribution is -0.174. The van der Waals surface area contributed by atoms with Crippen molar-refractivity contribution in [3.8, 4) is 0 Å². The number of carbonyl (C=O) groups is 3. The quantitative estimate of drug-likeness (QED) is 0.0421. The third kappa shape index (κ3) is 15.9. The standard InChI is InChI=1S/C47H62N3O9P/c1-9-39(40-22-25-43(50(28-33(2)3)29-34(4)5)42(26-40)49-47(53)48-41-23-20-36(8)21-24-41)27-44(51)55-32-56-46(52)45(35(6)7)59-60(54,57-30-37-16-12-10-13-17-37)58-31-38-18-14-11-15-19-38/h10-26,33-35,39,45H,9,27-32H2,1-8H3,(H2,48,49,53)/t39-,45-/m0/s1. The van der Waals surface area contributed by atoms with E-state index in [1.54, 1.807) is 38.1 Å². The van der Waals surface area contributed by atoms with Crippen molar-refractivity contribution in [1.82, 2.24) is 0 Å². The highest BCUT2D eigenvalue weighted by Crippen LogP contribution is 2.53. The lowest BCUT2D eigenvalue weighted by Crippen LogP contribution is -2.32. The molecule has 0 aliphatic carbocycles. The van der Waals surface area contributed by atoms with Crippen LogP contribution in [0.2, 0.25) is 0 Å². The third-order valence-electron chi connectivity index (χ3n) is 9.43. The molecule has 0 radical (unpaired) electrons. The number of carbonyl (C=O) groups excluding carboxylic acids is 3. The van der Waals surface area contributed by atoms with Crippen LogP contribution in [0.5, 0.6) is 0 Å². The summed E-state index contributed by atoms with van der Waals surface area (Å²) < 4.78 is 42.0. The van der Waals surface area contributed by atoms with Gasteiger partial charge in [0.15, 0.2) is 6.10 Å². The number of phosphoric ester groups is 1. The summed E-state index contributed by atoms with van der Waals surface area (Å²) in [6, 6.07) is 31.3. The first-order valence-corrected chi connectivity index (χ1v) is 22.1. The molecule has 0 bridgehead atoms. The lowest BCUT2D eigenvalue weighted by atomic mass is 9.92. The Hall–Kier alpha value is -5.00. The van der Waals surface area contributed by atoms with Gasteiger partial charge in [0.25, 0.3) is 0 Å². The van der Waals surface area contributed by atoms with Crippen LogP contribution in [0.1, 0.15) is 89.5 Å². The van der Waals surface area contributed by atoms with Gasteiger partial charge in [-0.25, -0.2) is 14.2 Å². The molecule has 2 N–H and O–H groups in total. The Morgan fingerprint density at radius 1 is 0.717 bits per heavy atom. The summed E-state index contributed by atoms with van der Waals surface area (Å²) in [4.78, 5) is 42.2. The van der Waals surface area contributed by atoms with E-state index in [0.717, 1.165) is 41.0 Å². The van der Waals surface area contributed by atoms with Crippen LogP contribution in [-0.4, -0.2) is 44.0 Å². The van der Waals surface area contributed by atoms with Crippen molar-refractivity contribution in [3.05, 3.63) is 125 Å². The normalized spacial score (nSPS) is 12.6. The molecule has 0 saturated carbocycles. The number of hydrogen-bond acceptors (Lipinski definition) is 10. The van der Waals surface area contributed by atoms with Crippen molar-refractivity contribution in [2.24, 2.45) is 17.8 Å². The van der Waals surface area contributed by atoms with Crippen molar-refractivity contribution in [1.29, 1.82) is 0 Å². The number of urea groups is 1. The molecule has 0 aromatic heterocycles. The monoisotopic (exact) mass is 843 g/mol. The van der Waals surface area contributed by atoms with Gasteiger partial charge in [-0.1, -0.05) is 133 Å². The Kier molecular flexibility index (Phi) is 18.8. The van der Waals surface area contributed by atoms with Gasteiger partial charge in [0.1, 0.15) is 0 Å². The Morgan fingerprint density at radius 2 is 1.28 bits per heavy atom. The largest absolute Gasteiger partial charge is 0.476 e. The van der Waals surface area contributed by atoms with Gasteiger partial charge in [-0.2, -0.15) is 0 Å². The summed E-state index contributed by atoms with van der Waals surface area (Å²) in [5, 5.41) is 6.00. The molecule has 0 fully saturated rings. The van der Waals surface area contributed by atoms with Crippen molar-refractivity contribution in [2.45, 2.75) is 93.5 Å². The molecule has 0 unspecified atom stereocenters. The van der Waals surface area contributed by atoms with Crippen LogP contribution < -0.4 is 15.5 Å². The number of hydrogen-bond donors (Lipinski definition) is 2. The molecule has 0 aliphatic rings. The van der Waals surface area contributed by atoms with Crippen molar-refractivity contribution in [2.75, 3.05) is 35.4 Å². The van der Waals surface area contributed by atoms with Crippen LogP contribution in [0.4, 0.5) is 21.9 Å². The Balaban J connectivity index is 1.43. The predicted octanol–water partition coefficient (Wildman–Crippen LogP) is 11.3. The average molecular weight is 844 g/mol. The lowest BCUT2D eigenvalue weighted by Gasteiger charge is -2.31. The zero-order chi connectivity index (χ0) is 43.7. The number of rotatable bonds is 23. The molecule has 2 atom stereocenters. The zero-order valence-electron chi connectivity index (χ0n) is 36.2. The molecule has 0 heterocycles. The number of phosphoric acid groups is 1. The number of aryl methyl sites for hydroxylation is 1. The SMILES string of the molecule is CC[C@@H](CC(=O)OCOC(=O)[C@@H](OP(=O)(OCc1ccccc1)OCc1ccccc1)C(C)C)c1ccc(N(CC(C)C)CC(C)C)c(NC(=O)Nc2ccc(C)cc2)c1. The summed E-state index contributed by atoms with van der Waals surface area (Å²) in [5.41, 5.74) is 5.56. The minimum atomic E-state index is -4.32. The fourth-order valence-electron chi connectivity index (χ4n) is 6.38. The predicted molar refractivity (Wildman–Crippen MR) is 237 cm³/mol. The Bertz CT molecular complexity index is 1940.